The van der Waals surface area contributed by atoms with Gasteiger partial charge in [0.15, 0.2) is 0 Å². The second-order valence-electron chi connectivity index (χ2n) is 6.52. The summed E-state index contributed by atoms with van der Waals surface area (Å²) in [4.78, 5) is 23.1. The lowest BCUT2D eigenvalue weighted by atomic mass is 10.1. The maximum Gasteiger partial charge on any atom is 0.277 e. The molecule has 1 saturated heterocycles. The Bertz CT molecular complexity index is 924. The Morgan fingerprint density at radius 2 is 2.26 bits per heavy atom. The first-order valence-electron chi connectivity index (χ1n) is 8.39. The van der Waals surface area contributed by atoms with Crippen molar-refractivity contribution in [3.05, 3.63) is 40.4 Å². The molecule has 4 rings (SSSR count). The fourth-order valence-electron chi connectivity index (χ4n) is 3.78. The average molecular weight is 310 g/mol. The van der Waals surface area contributed by atoms with Gasteiger partial charge in [-0.05, 0) is 45.0 Å². The molecule has 0 unspecified atom stereocenters. The quantitative estimate of drug-likeness (QED) is 0.809. The lowest BCUT2D eigenvalue weighted by Gasteiger charge is -2.23. The van der Waals surface area contributed by atoms with Crippen LogP contribution in [0, 0.1) is 6.92 Å². The highest BCUT2D eigenvalue weighted by Crippen LogP contribution is 2.23. The SMILES string of the molecule is CCN1CCC[C@H]1Cn1cnc2c([nH]c3ccc(C)cc32)c1=O. The molecule has 1 fully saturated rings. The van der Waals surface area contributed by atoms with Gasteiger partial charge in [0.2, 0.25) is 0 Å². The van der Waals surface area contributed by atoms with Gasteiger partial charge in [-0.15, -0.1) is 0 Å². The van der Waals surface area contributed by atoms with Gasteiger partial charge in [0.1, 0.15) is 11.0 Å². The minimum absolute atomic E-state index is 0.0341. The number of hydrogen-bond acceptors (Lipinski definition) is 3. The summed E-state index contributed by atoms with van der Waals surface area (Å²) in [6, 6.07) is 6.60. The molecule has 5 nitrogen and oxygen atoms in total. The highest BCUT2D eigenvalue weighted by atomic mass is 16.1. The largest absolute Gasteiger partial charge is 0.349 e. The minimum Gasteiger partial charge on any atom is -0.349 e. The maximum absolute atomic E-state index is 12.8. The van der Waals surface area contributed by atoms with E-state index in [-0.39, 0.29) is 5.56 Å². The smallest absolute Gasteiger partial charge is 0.277 e. The summed E-state index contributed by atoms with van der Waals surface area (Å²) in [5, 5.41) is 1.03. The van der Waals surface area contributed by atoms with Crippen molar-refractivity contribution >= 4 is 21.9 Å². The van der Waals surface area contributed by atoms with Gasteiger partial charge in [-0.2, -0.15) is 0 Å². The molecule has 1 aromatic carbocycles. The Morgan fingerprint density at radius 1 is 1.39 bits per heavy atom. The monoisotopic (exact) mass is 310 g/mol. The van der Waals surface area contributed by atoms with Crippen LogP contribution in [0.3, 0.4) is 0 Å². The third-order valence-electron chi connectivity index (χ3n) is 5.04. The minimum atomic E-state index is 0.0341. The van der Waals surface area contributed by atoms with Crippen LogP contribution in [0.15, 0.2) is 29.3 Å². The molecule has 120 valence electrons. The van der Waals surface area contributed by atoms with Crippen molar-refractivity contribution in [3.8, 4) is 0 Å². The molecule has 0 radical (unpaired) electrons. The van der Waals surface area contributed by atoms with E-state index in [0.29, 0.717) is 11.6 Å². The van der Waals surface area contributed by atoms with Crippen LogP contribution in [0.5, 0.6) is 0 Å². The molecule has 3 aromatic rings. The van der Waals surface area contributed by atoms with Crippen molar-refractivity contribution in [1.29, 1.82) is 0 Å². The standard InChI is InChI=1S/C18H22N4O/c1-3-21-8-4-5-13(21)10-22-11-19-16-14-9-12(2)6-7-15(14)20-17(16)18(22)23/h6-7,9,11,13,20H,3-5,8,10H2,1-2H3/t13-/m0/s1. The van der Waals surface area contributed by atoms with Crippen LogP contribution < -0.4 is 5.56 Å². The van der Waals surface area contributed by atoms with Crippen LogP contribution in [0.2, 0.25) is 0 Å². The van der Waals surface area contributed by atoms with E-state index in [4.69, 9.17) is 0 Å². The lowest BCUT2D eigenvalue weighted by Crippen LogP contribution is -2.36. The van der Waals surface area contributed by atoms with Gasteiger partial charge in [0.25, 0.3) is 5.56 Å². The molecule has 3 heterocycles. The second-order valence-corrected chi connectivity index (χ2v) is 6.52. The summed E-state index contributed by atoms with van der Waals surface area (Å²) in [5.41, 5.74) is 3.59. The number of aromatic nitrogens is 3. The molecule has 0 amide bonds. The summed E-state index contributed by atoms with van der Waals surface area (Å²) < 4.78 is 1.77. The van der Waals surface area contributed by atoms with Crippen LogP contribution in [0.1, 0.15) is 25.3 Å². The van der Waals surface area contributed by atoms with E-state index in [1.807, 2.05) is 12.1 Å². The third kappa shape index (κ3) is 2.36. The average Bonchev–Trinajstić information content (AvgIpc) is 3.14. The van der Waals surface area contributed by atoms with Gasteiger partial charge < -0.3 is 4.98 Å². The first kappa shape index (κ1) is 14.5. The van der Waals surface area contributed by atoms with Gasteiger partial charge >= 0.3 is 0 Å². The molecule has 5 heteroatoms. The van der Waals surface area contributed by atoms with E-state index in [1.165, 1.54) is 12.0 Å². The molecular weight excluding hydrogens is 288 g/mol. The zero-order chi connectivity index (χ0) is 16.0. The van der Waals surface area contributed by atoms with Gasteiger partial charge in [-0.25, -0.2) is 4.98 Å². The van der Waals surface area contributed by atoms with Crippen LogP contribution in [-0.2, 0) is 6.54 Å². The van der Waals surface area contributed by atoms with Crippen molar-refractivity contribution in [2.75, 3.05) is 13.1 Å². The molecule has 23 heavy (non-hydrogen) atoms. The number of rotatable bonds is 3. The van der Waals surface area contributed by atoms with E-state index in [2.05, 4.69) is 34.8 Å². The van der Waals surface area contributed by atoms with Gasteiger partial charge in [-0.1, -0.05) is 18.6 Å². The highest BCUT2D eigenvalue weighted by Gasteiger charge is 2.24. The third-order valence-corrected chi connectivity index (χ3v) is 5.04. The van der Waals surface area contributed by atoms with E-state index in [9.17, 15) is 4.79 Å². The summed E-state index contributed by atoms with van der Waals surface area (Å²) in [6.07, 6.45) is 4.09. The molecule has 1 aliphatic heterocycles. The number of fused-ring (bicyclic) bond motifs is 3. The van der Waals surface area contributed by atoms with Gasteiger partial charge in [-0.3, -0.25) is 14.3 Å². The van der Waals surface area contributed by atoms with Crippen molar-refractivity contribution in [2.24, 2.45) is 0 Å². The lowest BCUT2D eigenvalue weighted by molar-refractivity contribution is 0.242. The fraction of sp³-hybridized carbons (Fsp3) is 0.444. The van der Waals surface area contributed by atoms with E-state index in [1.54, 1.807) is 10.9 Å². The van der Waals surface area contributed by atoms with Crippen molar-refractivity contribution in [3.63, 3.8) is 0 Å². The van der Waals surface area contributed by atoms with Crippen molar-refractivity contribution < 1.29 is 0 Å². The van der Waals surface area contributed by atoms with Crippen LogP contribution >= 0.6 is 0 Å². The van der Waals surface area contributed by atoms with Gasteiger partial charge in [0, 0.05) is 23.5 Å². The Labute approximate surface area is 134 Å². The summed E-state index contributed by atoms with van der Waals surface area (Å²) in [7, 11) is 0. The Kier molecular flexibility index (Phi) is 3.45. The van der Waals surface area contributed by atoms with E-state index in [0.717, 1.165) is 42.5 Å². The van der Waals surface area contributed by atoms with E-state index < -0.39 is 0 Å². The first-order valence-corrected chi connectivity index (χ1v) is 8.39. The zero-order valence-corrected chi connectivity index (χ0v) is 13.7. The van der Waals surface area contributed by atoms with E-state index >= 15 is 0 Å². The Morgan fingerprint density at radius 3 is 3.09 bits per heavy atom. The summed E-state index contributed by atoms with van der Waals surface area (Å²) in [6.45, 7) is 7.14. The zero-order valence-electron chi connectivity index (χ0n) is 13.7. The van der Waals surface area contributed by atoms with Crippen LogP contribution in [0.25, 0.3) is 21.9 Å². The topological polar surface area (TPSA) is 53.9 Å². The number of nitrogens with one attached hydrogen (secondary N) is 1. The number of aromatic amines is 1. The Hall–Kier alpha value is -2.14. The number of nitrogens with zero attached hydrogens (tertiary/aromatic N) is 3. The number of H-pyrrole nitrogens is 1. The fourth-order valence-corrected chi connectivity index (χ4v) is 3.78. The molecule has 1 N–H and O–H groups in total. The molecule has 0 saturated carbocycles. The normalized spacial score (nSPS) is 19.1. The number of likely N-dealkylation sites (N-methyl/N-ethyl adjacent to an activating group) is 1. The van der Waals surface area contributed by atoms with Crippen molar-refractivity contribution in [1.82, 2.24) is 19.4 Å². The van der Waals surface area contributed by atoms with Crippen molar-refractivity contribution in [2.45, 2.75) is 39.3 Å². The number of benzene rings is 1. The second kappa shape index (κ2) is 5.49. The van der Waals surface area contributed by atoms with Gasteiger partial charge in [0.05, 0.1) is 6.33 Å². The highest BCUT2D eigenvalue weighted by molar-refractivity contribution is 6.04. The first-order chi connectivity index (χ1) is 11.2. The molecule has 0 spiro atoms. The molecular formula is C18H22N4O. The maximum atomic E-state index is 12.8. The molecule has 0 bridgehead atoms. The number of hydrogen-bond donors (Lipinski definition) is 1. The molecule has 1 aliphatic rings. The Balaban J connectivity index is 1.79. The molecule has 2 aromatic heterocycles. The number of aryl methyl sites for hydroxylation is 1. The number of likely N-dealkylation sites (tertiary alicyclic amines) is 1. The molecule has 1 atom stereocenters. The summed E-state index contributed by atoms with van der Waals surface area (Å²) in [5.74, 6) is 0. The van der Waals surface area contributed by atoms with Crippen LogP contribution in [0.4, 0.5) is 0 Å². The summed E-state index contributed by atoms with van der Waals surface area (Å²) >= 11 is 0. The predicted molar refractivity (Wildman–Crippen MR) is 92.9 cm³/mol. The van der Waals surface area contributed by atoms with Crippen LogP contribution in [-0.4, -0.2) is 38.6 Å². The predicted octanol–water partition coefficient (Wildman–Crippen LogP) is 2.67. The molecule has 0 aliphatic carbocycles.